The van der Waals surface area contributed by atoms with Crippen molar-refractivity contribution < 1.29 is 19.1 Å². The van der Waals surface area contributed by atoms with Crippen LogP contribution < -0.4 is 0 Å². The van der Waals surface area contributed by atoms with E-state index in [1.165, 1.54) is 12.2 Å². The van der Waals surface area contributed by atoms with Gasteiger partial charge in [-0.05, 0) is 26.0 Å². The Labute approximate surface area is 88.2 Å². The Bertz CT molecular complexity index is 363. The van der Waals surface area contributed by atoms with Crippen LogP contribution >= 0.6 is 0 Å². The smallest absolute Gasteiger partial charge is 0.330 e. The minimum Gasteiger partial charge on any atom is -0.463 e. The standard InChI is InChI=1S/C11H14O4/c1-3-14-11(13)5-4-10-6-9(7-12)8(2)15-10/h4-6,12H,3,7H2,1-2H3. The van der Waals surface area contributed by atoms with Crippen molar-refractivity contribution in [3.8, 4) is 0 Å². The van der Waals surface area contributed by atoms with E-state index >= 15 is 0 Å². The highest BCUT2D eigenvalue weighted by Crippen LogP contribution is 2.15. The molecule has 0 saturated carbocycles. The predicted molar refractivity (Wildman–Crippen MR) is 55.0 cm³/mol. The lowest BCUT2D eigenvalue weighted by atomic mass is 10.2. The minimum absolute atomic E-state index is 0.0669. The van der Waals surface area contributed by atoms with Crippen LogP contribution in [0.1, 0.15) is 24.0 Å². The molecule has 4 nitrogen and oxygen atoms in total. The molecule has 0 aliphatic rings. The molecule has 1 heterocycles. The Morgan fingerprint density at radius 1 is 1.67 bits per heavy atom. The maximum absolute atomic E-state index is 11.0. The fraction of sp³-hybridized carbons (Fsp3) is 0.364. The SMILES string of the molecule is CCOC(=O)C=Cc1cc(CO)c(C)o1. The van der Waals surface area contributed by atoms with E-state index < -0.39 is 5.97 Å². The summed E-state index contributed by atoms with van der Waals surface area (Å²) < 4.78 is 9.99. The second-order valence-electron chi connectivity index (χ2n) is 2.97. The summed E-state index contributed by atoms with van der Waals surface area (Å²) in [5.74, 6) is 0.780. The molecule has 4 heteroatoms. The molecule has 1 N–H and O–H groups in total. The molecule has 0 atom stereocenters. The number of aryl methyl sites for hydroxylation is 1. The molecule has 0 saturated heterocycles. The van der Waals surface area contributed by atoms with Crippen molar-refractivity contribution in [3.05, 3.63) is 29.2 Å². The average Bonchev–Trinajstić information content (AvgIpc) is 2.56. The zero-order chi connectivity index (χ0) is 11.3. The van der Waals surface area contributed by atoms with E-state index in [0.717, 1.165) is 5.56 Å². The van der Waals surface area contributed by atoms with E-state index in [4.69, 9.17) is 14.3 Å². The van der Waals surface area contributed by atoms with Gasteiger partial charge in [-0.25, -0.2) is 4.79 Å². The fourth-order valence-corrected chi connectivity index (χ4v) is 1.12. The summed E-state index contributed by atoms with van der Waals surface area (Å²) in [7, 11) is 0. The Hall–Kier alpha value is -1.55. The number of rotatable bonds is 4. The van der Waals surface area contributed by atoms with Crippen LogP contribution in [0.3, 0.4) is 0 Å². The van der Waals surface area contributed by atoms with Gasteiger partial charge in [0.2, 0.25) is 0 Å². The van der Waals surface area contributed by atoms with Crippen LogP contribution in [-0.2, 0) is 16.1 Å². The first-order valence-corrected chi connectivity index (χ1v) is 4.72. The number of ether oxygens (including phenoxy) is 1. The third-order valence-corrected chi connectivity index (χ3v) is 1.88. The van der Waals surface area contributed by atoms with Crippen LogP contribution in [0.25, 0.3) is 6.08 Å². The molecule has 0 bridgehead atoms. The van der Waals surface area contributed by atoms with Gasteiger partial charge in [-0.3, -0.25) is 0 Å². The van der Waals surface area contributed by atoms with E-state index in [0.29, 0.717) is 18.1 Å². The van der Waals surface area contributed by atoms with Gasteiger partial charge < -0.3 is 14.3 Å². The minimum atomic E-state index is -0.405. The number of aliphatic hydroxyl groups is 1. The van der Waals surface area contributed by atoms with E-state index in [2.05, 4.69) is 0 Å². The zero-order valence-electron chi connectivity index (χ0n) is 8.82. The van der Waals surface area contributed by atoms with Gasteiger partial charge in [0, 0.05) is 11.6 Å². The lowest BCUT2D eigenvalue weighted by Crippen LogP contribution is -1.98. The second kappa shape index (κ2) is 5.36. The van der Waals surface area contributed by atoms with Crippen molar-refractivity contribution in [1.29, 1.82) is 0 Å². The number of furan rings is 1. The molecule has 0 aliphatic carbocycles. The number of hydrogen-bond donors (Lipinski definition) is 1. The first-order valence-electron chi connectivity index (χ1n) is 4.72. The Kier molecular flexibility index (Phi) is 4.12. The molecule has 0 radical (unpaired) electrons. The summed E-state index contributed by atoms with van der Waals surface area (Å²) in [6.45, 7) is 3.78. The molecule has 82 valence electrons. The summed E-state index contributed by atoms with van der Waals surface area (Å²) in [5.41, 5.74) is 0.721. The zero-order valence-corrected chi connectivity index (χ0v) is 8.82. The van der Waals surface area contributed by atoms with Gasteiger partial charge in [0.1, 0.15) is 11.5 Å². The van der Waals surface area contributed by atoms with E-state index in [1.54, 1.807) is 19.9 Å². The topological polar surface area (TPSA) is 59.7 Å². The normalized spacial score (nSPS) is 10.9. The third-order valence-electron chi connectivity index (χ3n) is 1.88. The molecule has 0 aromatic carbocycles. The monoisotopic (exact) mass is 210 g/mol. The van der Waals surface area contributed by atoms with Crippen LogP contribution in [0.4, 0.5) is 0 Å². The van der Waals surface area contributed by atoms with Gasteiger partial charge in [0.15, 0.2) is 0 Å². The first kappa shape index (κ1) is 11.5. The van der Waals surface area contributed by atoms with Crippen LogP contribution in [0, 0.1) is 6.92 Å². The molecule has 1 aromatic heterocycles. The van der Waals surface area contributed by atoms with Crippen LogP contribution in [0.2, 0.25) is 0 Å². The van der Waals surface area contributed by atoms with Crippen LogP contribution in [0.15, 0.2) is 16.6 Å². The number of esters is 1. The highest BCUT2D eigenvalue weighted by atomic mass is 16.5. The highest BCUT2D eigenvalue weighted by Gasteiger charge is 2.04. The maximum Gasteiger partial charge on any atom is 0.330 e. The van der Waals surface area contributed by atoms with Crippen molar-refractivity contribution in [3.63, 3.8) is 0 Å². The highest BCUT2D eigenvalue weighted by molar-refractivity contribution is 5.86. The number of carbonyl (C=O) groups excluding carboxylic acids is 1. The molecular weight excluding hydrogens is 196 g/mol. The maximum atomic E-state index is 11.0. The van der Waals surface area contributed by atoms with Gasteiger partial charge in [-0.1, -0.05) is 0 Å². The molecule has 0 aliphatic heterocycles. The molecule has 1 rings (SSSR count). The van der Waals surface area contributed by atoms with E-state index in [1.807, 2.05) is 0 Å². The number of aliphatic hydroxyl groups excluding tert-OH is 1. The van der Waals surface area contributed by atoms with Gasteiger partial charge in [0.25, 0.3) is 0 Å². The summed E-state index contributed by atoms with van der Waals surface area (Å²) in [4.78, 5) is 11.0. The quantitative estimate of drug-likeness (QED) is 0.606. The van der Waals surface area contributed by atoms with Crippen LogP contribution in [0.5, 0.6) is 0 Å². The van der Waals surface area contributed by atoms with Crippen molar-refractivity contribution in [2.75, 3.05) is 6.61 Å². The Morgan fingerprint density at radius 3 is 2.93 bits per heavy atom. The number of hydrogen-bond acceptors (Lipinski definition) is 4. The van der Waals surface area contributed by atoms with Gasteiger partial charge >= 0.3 is 5.97 Å². The first-order chi connectivity index (χ1) is 7.17. The lowest BCUT2D eigenvalue weighted by Gasteiger charge is -1.93. The molecule has 0 spiro atoms. The summed E-state index contributed by atoms with van der Waals surface area (Å²) in [6.07, 6.45) is 2.81. The molecule has 0 amide bonds. The predicted octanol–water partition coefficient (Wildman–Crippen LogP) is 1.66. The lowest BCUT2D eigenvalue weighted by molar-refractivity contribution is -0.137. The Balaban J connectivity index is 2.68. The van der Waals surface area contributed by atoms with Crippen LogP contribution in [-0.4, -0.2) is 17.7 Å². The van der Waals surface area contributed by atoms with Crippen molar-refractivity contribution >= 4 is 12.0 Å². The van der Waals surface area contributed by atoms with E-state index in [9.17, 15) is 4.79 Å². The summed E-state index contributed by atoms with van der Waals surface area (Å²) >= 11 is 0. The van der Waals surface area contributed by atoms with Gasteiger partial charge in [-0.15, -0.1) is 0 Å². The second-order valence-corrected chi connectivity index (χ2v) is 2.97. The van der Waals surface area contributed by atoms with Crippen molar-refractivity contribution in [2.24, 2.45) is 0 Å². The molecule has 15 heavy (non-hydrogen) atoms. The largest absolute Gasteiger partial charge is 0.463 e. The van der Waals surface area contributed by atoms with Crippen molar-refractivity contribution in [1.82, 2.24) is 0 Å². The number of carbonyl (C=O) groups is 1. The third kappa shape index (κ3) is 3.25. The summed E-state index contributed by atoms with van der Waals surface area (Å²) in [6, 6.07) is 1.69. The van der Waals surface area contributed by atoms with E-state index in [-0.39, 0.29) is 6.61 Å². The fourth-order valence-electron chi connectivity index (χ4n) is 1.12. The summed E-state index contributed by atoms with van der Waals surface area (Å²) in [5, 5.41) is 8.92. The molecule has 0 unspecified atom stereocenters. The molecular formula is C11H14O4. The Morgan fingerprint density at radius 2 is 2.40 bits per heavy atom. The molecule has 0 fully saturated rings. The van der Waals surface area contributed by atoms with Crippen molar-refractivity contribution in [2.45, 2.75) is 20.5 Å². The van der Waals surface area contributed by atoms with Gasteiger partial charge in [-0.2, -0.15) is 0 Å². The molecule has 1 aromatic rings. The average molecular weight is 210 g/mol. The van der Waals surface area contributed by atoms with Gasteiger partial charge in [0.05, 0.1) is 13.2 Å².